The number of aromatic amines is 1. The number of rotatable bonds is 5. The molecule has 2 aromatic rings. The van der Waals surface area contributed by atoms with E-state index in [1.165, 1.54) is 0 Å². The molecule has 1 N–H and O–H groups in total. The Kier molecular flexibility index (Phi) is 4.01. The molecule has 0 fully saturated rings. The van der Waals surface area contributed by atoms with Gasteiger partial charge in [-0.3, -0.25) is 9.59 Å². The van der Waals surface area contributed by atoms with Gasteiger partial charge in [0.05, 0.1) is 11.0 Å². The van der Waals surface area contributed by atoms with Gasteiger partial charge < -0.3 is 4.98 Å². The summed E-state index contributed by atoms with van der Waals surface area (Å²) in [4.78, 5) is 30.8. The lowest BCUT2D eigenvalue weighted by Crippen LogP contribution is -2.35. The van der Waals surface area contributed by atoms with Crippen molar-refractivity contribution >= 4 is 46.5 Å². The highest BCUT2D eigenvalue weighted by atomic mass is 32.1. The number of carbonyl (C=O) groups is 2. The van der Waals surface area contributed by atoms with Gasteiger partial charge in [-0.2, -0.15) is 0 Å². The Hall–Kier alpha value is -1.27. The predicted octanol–water partition coefficient (Wildman–Crippen LogP) is 2.51. The number of H-pyrrole nitrogens is 1. The zero-order valence-corrected chi connectivity index (χ0v) is 12.2. The standard InChI is InChI=1S/C13H14N2O2S2/c1-2-13(12(17)19,7-10(16)18)11-14-8-5-3-4-6-9(8)15-11/h3-6H,2,7H2,1H3,(H,14,15)(H,16,18)(H,17,19). The van der Waals surface area contributed by atoms with E-state index in [0.29, 0.717) is 12.2 Å². The van der Waals surface area contributed by atoms with Gasteiger partial charge in [0.15, 0.2) is 10.2 Å². The second kappa shape index (κ2) is 5.38. The molecule has 19 heavy (non-hydrogen) atoms. The number of nitrogens with one attached hydrogen (secondary N) is 1. The van der Waals surface area contributed by atoms with Crippen LogP contribution in [0, 0.1) is 0 Å². The molecule has 0 amide bonds. The number of aromatic nitrogens is 2. The van der Waals surface area contributed by atoms with Crippen LogP contribution in [0.1, 0.15) is 25.6 Å². The molecule has 0 aliphatic rings. The first-order valence-corrected chi connectivity index (χ1v) is 6.79. The lowest BCUT2D eigenvalue weighted by atomic mass is 9.82. The Morgan fingerprint density at radius 1 is 1.32 bits per heavy atom. The Morgan fingerprint density at radius 3 is 2.53 bits per heavy atom. The fraction of sp³-hybridized carbons (Fsp3) is 0.308. The highest BCUT2D eigenvalue weighted by Gasteiger charge is 2.41. The minimum Gasteiger partial charge on any atom is -0.341 e. The van der Waals surface area contributed by atoms with Gasteiger partial charge in [-0.05, 0) is 18.6 Å². The van der Waals surface area contributed by atoms with Crippen molar-refractivity contribution in [3.05, 3.63) is 30.1 Å². The summed E-state index contributed by atoms with van der Waals surface area (Å²) in [5.74, 6) is 0.471. The topological polar surface area (TPSA) is 62.8 Å². The molecule has 0 radical (unpaired) electrons. The molecule has 1 unspecified atom stereocenters. The molecule has 0 bridgehead atoms. The van der Waals surface area contributed by atoms with Crippen LogP contribution in [-0.4, -0.2) is 20.2 Å². The SMILES string of the molecule is CCC(CC(=O)S)(C(=O)S)c1nc2ccccc2[nH]1. The molecule has 1 atom stereocenters. The lowest BCUT2D eigenvalue weighted by Gasteiger charge is -2.25. The summed E-state index contributed by atoms with van der Waals surface area (Å²) in [5, 5.41) is -0.735. The number of carbonyl (C=O) groups excluding carboxylic acids is 2. The van der Waals surface area contributed by atoms with Gasteiger partial charge in [0.25, 0.3) is 0 Å². The Balaban J connectivity index is 2.59. The predicted molar refractivity (Wildman–Crippen MR) is 80.7 cm³/mol. The van der Waals surface area contributed by atoms with Crippen LogP contribution in [0.5, 0.6) is 0 Å². The number of hydrogen-bond donors (Lipinski definition) is 3. The number of nitrogens with zero attached hydrogens (tertiary/aromatic N) is 1. The van der Waals surface area contributed by atoms with Crippen molar-refractivity contribution in [2.24, 2.45) is 0 Å². The van der Waals surface area contributed by atoms with Gasteiger partial charge in [0, 0.05) is 6.42 Å². The number of thiol groups is 2. The molecule has 1 heterocycles. The summed E-state index contributed by atoms with van der Waals surface area (Å²) in [6.45, 7) is 1.83. The third kappa shape index (κ3) is 2.55. The molecule has 0 aliphatic heterocycles. The highest BCUT2D eigenvalue weighted by Crippen LogP contribution is 2.34. The summed E-state index contributed by atoms with van der Waals surface area (Å²) in [7, 11) is 0. The molecular weight excluding hydrogens is 280 g/mol. The summed E-state index contributed by atoms with van der Waals surface area (Å²) in [6.07, 6.45) is 0.413. The number of para-hydroxylation sites is 2. The third-order valence-electron chi connectivity index (χ3n) is 3.31. The van der Waals surface area contributed by atoms with Crippen LogP contribution < -0.4 is 0 Å². The molecular formula is C13H14N2O2S2. The molecule has 1 aromatic heterocycles. The second-order valence-corrected chi connectivity index (χ2v) is 5.32. The Bertz CT molecular complexity index is 605. The van der Waals surface area contributed by atoms with E-state index in [-0.39, 0.29) is 16.7 Å². The molecule has 6 heteroatoms. The number of benzene rings is 1. The third-order valence-corrected chi connectivity index (χ3v) is 3.89. The molecule has 0 saturated carbocycles. The second-order valence-electron chi connectivity index (χ2n) is 4.41. The van der Waals surface area contributed by atoms with E-state index in [1.807, 2.05) is 31.2 Å². The molecule has 0 aliphatic carbocycles. The number of imidazole rings is 1. The van der Waals surface area contributed by atoms with Crippen molar-refractivity contribution in [2.75, 3.05) is 0 Å². The summed E-state index contributed by atoms with van der Waals surface area (Å²) < 4.78 is 0. The lowest BCUT2D eigenvalue weighted by molar-refractivity contribution is -0.120. The number of fused-ring (bicyclic) bond motifs is 1. The van der Waals surface area contributed by atoms with E-state index in [9.17, 15) is 9.59 Å². The van der Waals surface area contributed by atoms with Crippen molar-refractivity contribution < 1.29 is 9.59 Å². The number of hydrogen-bond acceptors (Lipinski definition) is 3. The monoisotopic (exact) mass is 294 g/mol. The maximum absolute atomic E-state index is 11.9. The van der Waals surface area contributed by atoms with Gasteiger partial charge in [-0.25, -0.2) is 4.98 Å². The highest BCUT2D eigenvalue weighted by molar-refractivity contribution is 7.97. The van der Waals surface area contributed by atoms with Crippen LogP contribution in [-0.2, 0) is 15.0 Å². The van der Waals surface area contributed by atoms with Crippen LogP contribution in [0.2, 0.25) is 0 Å². The van der Waals surface area contributed by atoms with E-state index < -0.39 is 5.41 Å². The first-order chi connectivity index (χ1) is 8.99. The van der Waals surface area contributed by atoms with Crippen LogP contribution in [0.3, 0.4) is 0 Å². The van der Waals surface area contributed by atoms with Crippen LogP contribution >= 0.6 is 25.3 Å². The van der Waals surface area contributed by atoms with E-state index in [4.69, 9.17) is 0 Å². The molecule has 0 spiro atoms. The van der Waals surface area contributed by atoms with E-state index in [1.54, 1.807) is 0 Å². The molecule has 2 rings (SSSR count). The molecule has 100 valence electrons. The molecule has 1 aromatic carbocycles. The first kappa shape index (κ1) is 14.1. The van der Waals surface area contributed by atoms with Gasteiger partial charge >= 0.3 is 0 Å². The fourth-order valence-corrected chi connectivity index (χ4v) is 2.75. The van der Waals surface area contributed by atoms with Crippen LogP contribution in [0.25, 0.3) is 11.0 Å². The van der Waals surface area contributed by atoms with E-state index >= 15 is 0 Å². The minimum absolute atomic E-state index is 0.0191. The van der Waals surface area contributed by atoms with Crippen molar-refractivity contribution in [1.29, 1.82) is 0 Å². The average molecular weight is 294 g/mol. The summed E-state index contributed by atoms with van der Waals surface area (Å²) >= 11 is 7.73. The quantitative estimate of drug-likeness (QED) is 0.743. The Labute approximate surface area is 121 Å². The van der Waals surface area contributed by atoms with E-state index in [0.717, 1.165) is 11.0 Å². The smallest absolute Gasteiger partial charge is 0.200 e. The van der Waals surface area contributed by atoms with Crippen molar-refractivity contribution in [3.8, 4) is 0 Å². The maximum Gasteiger partial charge on any atom is 0.200 e. The largest absolute Gasteiger partial charge is 0.341 e. The zero-order chi connectivity index (χ0) is 14.0. The van der Waals surface area contributed by atoms with Gasteiger partial charge in [-0.15, -0.1) is 25.3 Å². The van der Waals surface area contributed by atoms with Gasteiger partial charge in [-0.1, -0.05) is 19.1 Å². The summed E-state index contributed by atoms with van der Waals surface area (Å²) in [5.41, 5.74) is 0.550. The fourth-order valence-electron chi connectivity index (χ4n) is 2.14. The van der Waals surface area contributed by atoms with Gasteiger partial charge in [0.1, 0.15) is 11.2 Å². The molecule has 0 saturated heterocycles. The Morgan fingerprint density at radius 2 is 2.00 bits per heavy atom. The van der Waals surface area contributed by atoms with E-state index in [2.05, 4.69) is 35.2 Å². The van der Waals surface area contributed by atoms with Crippen molar-refractivity contribution in [3.63, 3.8) is 0 Å². The normalized spacial score (nSPS) is 14.3. The van der Waals surface area contributed by atoms with Crippen molar-refractivity contribution in [1.82, 2.24) is 9.97 Å². The minimum atomic E-state index is -1.04. The van der Waals surface area contributed by atoms with Crippen LogP contribution in [0.15, 0.2) is 24.3 Å². The first-order valence-electron chi connectivity index (χ1n) is 5.90. The van der Waals surface area contributed by atoms with Crippen molar-refractivity contribution in [2.45, 2.75) is 25.2 Å². The maximum atomic E-state index is 11.9. The van der Waals surface area contributed by atoms with Crippen LogP contribution in [0.4, 0.5) is 0 Å². The molecule has 4 nitrogen and oxygen atoms in total. The zero-order valence-electron chi connectivity index (χ0n) is 10.4. The average Bonchev–Trinajstić information content (AvgIpc) is 2.79. The summed E-state index contributed by atoms with van der Waals surface area (Å²) in [6, 6.07) is 7.47. The van der Waals surface area contributed by atoms with Gasteiger partial charge in [0.2, 0.25) is 0 Å².